The Labute approximate surface area is 133 Å². The van der Waals surface area contributed by atoms with Crippen LogP contribution in [0.4, 0.5) is 10.5 Å². The van der Waals surface area contributed by atoms with Gasteiger partial charge in [-0.1, -0.05) is 44.9 Å². The molecule has 1 atom stereocenters. The van der Waals surface area contributed by atoms with E-state index in [2.05, 4.69) is 33.0 Å². The molecule has 0 fully saturated rings. The molecule has 1 unspecified atom stereocenters. The van der Waals surface area contributed by atoms with Gasteiger partial charge in [-0.3, -0.25) is 0 Å². The fraction of sp³-hybridized carbons (Fsp3) is 0.588. The molecule has 1 aromatic carbocycles. The molecule has 0 saturated heterocycles. The Bertz CT molecular complexity index is 488. The molecule has 1 N–H and O–H groups in total. The van der Waals surface area contributed by atoms with E-state index in [0.29, 0.717) is 5.02 Å². The molecule has 0 radical (unpaired) electrons. The number of rotatable bonds is 6. The van der Waals surface area contributed by atoms with Gasteiger partial charge in [0.2, 0.25) is 0 Å². The van der Waals surface area contributed by atoms with Gasteiger partial charge in [0, 0.05) is 18.1 Å². The molecule has 0 saturated carbocycles. The first-order valence-electron chi connectivity index (χ1n) is 7.80. The maximum Gasteiger partial charge on any atom is 0.321 e. The molecule has 0 bridgehead atoms. The molecule has 3 nitrogen and oxygen atoms in total. The second-order valence-corrected chi connectivity index (χ2v) is 5.85. The molecule has 21 heavy (non-hydrogen) atoms. The lowest BCUT2D eigenvalue weighted by Crippen LogP contribution is -2.38. The van der Waals surface area contributed by atoms with E-state index in [-0.39, 0.29) is 12.1 Å². The molecule has 1 aromatic rings. The van der Waals surface area contributed by atoms with Crippen LogP contribution in [0.3, 0.4) is 0 Å². The number of nitrogens with zero attached hydrogens (tertiary/aromatic N) is 1. The zero-order valence-corrected chi connectivity index (χ0v) is 14.5. The van der Waals surface area contributed by atoms with E-state index < -0.39 is 0 Å². The Balaban J connectivity index is 3.01. The van der Waals surface area contributed by atoms with E-state index in [9.17, 15) is 4.79 Å². The first-order chi connectivity index (χ1) is 9.96. The first kappa shape index (κ1) is 17.8. The van der Waals surface area contributed by atoms with Crippen molar-refractivity contribution >= 4 is 23.3 Å². The van der Waals surface area contributed by atoms with Gasteiger partial charge in [-0.05, 0) is 43.4 Å². The van der Waals surface area contributed by atoms with Crippen molar-refractivity contribution in [3.05, 3.63) is 28.3 Å². The number of nitrogens with one attached hydrogen (secondary N) is 1. The number of hydrogen-bond donors (Lipinski definition) is 1. The van der Waals surface area contributed by atoms with Gasteiger partial charge in [0.05, 0.1) is 5.69 Å². The Hall–Kier alpha value is -1.22. The van der Waals surface area contributed by atoms with Crippen LogP contribution in [0.25, 0.3) is 0 Å². The van der Waals surface area contributed by atoms with Crippen molar-refractivity contribution in [2.75, 3.05) is 12.4 Å². The van der Waals surface area contributed by atoms with Gasteiger partial charge in [0.1, 0.15) is 0 Å². The number of amides is 2. The van der Waals surface area contributed by atoms with Gasteiger partial charge in [0.25, 0.3) is 0 Å². The third-order valence-electron chi connectivity index (χ3n) is 4.00. The average molecular weight is 311 g/mol. The summed E-state index contributed by atoms with van der Waals surface area (Å²) < 4.78 is 0. The highest BCUT2D eigenvalue weighted by molar-refractivity contribution is 6.31. The van der Waals surface area contributed by atoms with Crippen LogP contribution in [0.1, 0.15) is 51.7 Å². The lowest BCUT2D eigenvalue weighted by molar-refractivity contribution is 0.205. The number of carbonyl (C=O) groups excluding carboxylic acids is 1. The summed E-state index contributed by atoms with van der Waals surface area (Å²) in [6.07, 6.45) is 3.74. The van der Waals surface area contributed by atoms with Crippen molar-refractivity contribution < 1.29 is 4.79 Å². The topological polar surface area (TPSA) is 32.3 Å². The predicted molar refractivity (Wildman–Crippen MR) is 91.4 cm³/mol. The SMILES string of the molecule is CCCC(C)N(C)C(=O)Nc1c(CC)ccc(Cl)c1CC. The van der Waals surface area contributed by atoms with Crippen molar-refractivity contribution in [2.45, 2.75) is 59.4 Å². The van der Waals surface area contributed by atoms with Crippen LogP contribution in [0.15, 0.2) is 12.1 Å². The summed E-state index contributed by atoms with van der Waals surface area (Å²) in [5.41, 5.74) is 3.02. The highest BCUT2D eigenvalue weighted by Crippen LogP contribution is 2.29. The molecule has 0 spiro atoms. The summed E-state index contributed by atoms with van der Waals surface area (Å²) in [5, 5.41) is 3.78. The third-order valence-corrected chi connectivity index (χ3v) is 4.35. The van der Waals surface area contributed by atoms with Crippen LogP contribution in [-0.4, -0.2) is 24.0 Å². The van der Waals surface area contributed by atoms with Gasteiger partial charge >= 0.3 is 6.03 Å². The normalized spacial score (nSPS) is 12.1. The molecule has 0 aliphatic rings. The fourth-order valence-corrected chi connectivity index (χ4v) is 2.76. The number of urea groups is 1. The lowest BCUT2D eigenvalue weighted by atomic mass is 10.0. The number of hydrogen-bond acceptors (Lipinski definition) is 1. The minimum atomic E-state index is -0.0670. The van der Waals surface area contributed by atoms with Crippen molar-refractivity contribution in [2.24, 2.45) is 0 Å². The van der Waals surface area contributed by atoms with Gasteiger partial charge in [0.15, 0.2) is 0 Å². The lowest BCUT2D eigenvalue weighted by Gasteiger charge is -2.26. The number of carbonyl (C=O) groups is 1. The quantitative estimate of drug-likeness (QED) is 0.777. The molecular formula is C17H27ClN2O. The average Bonchev–Trinajstić information content (AvgIpc) is 2.47. The van der Waals surface area contributed by atoms with Crippen LogP contribution >= 0.6 is 11.6 Å². The smallest absolute Gasteiger partial charge is 0.321 e. The highest BCUT2D eigenvalue weighted by Gasteiger charge is 2.18. The highest BCUT2D eigenvalue weighted by atomic mass is 35.5. The van der Waals surface area contributed by atoms with E-state index >= 15 is 0 Å². The number of anilines is 1. The van der Waals surface area contributed by atoms with Crippen molar-refractivity contribution in [3.63, 3.8) is 0 Å². The second-order valence-electron chi connectivity index (χ2n) is 5.45. The molecule has 0 aliphatic heterocycles. The standard InChI is InChI=1S/C17H27ClN2O/c1-6-9-12(4)20(5)17(21)19-16-13(7-2)10-11-15(18)14(16)8-3/h10-12H,6-9H2,1-5H3,(H,19,21). The Morgan fingerprint density at radius 1 is 1.29 bits per heavy atom. The second kappa shape index (κ2) is 8.28. The van der Waals surface area contributed by atoms with E-state index in [1.54, 1.807) is 4.90 Å². The van der Waals surface area contributed by atoms with E-state index in [0.717, 1.165) is 42.5 Å². The van der Waals surface area contributed by atoms with Crippen LogP contribution < -0.4 is 5.32 Å². The van der Waals surface area contributed by atoms with Crippen LogP contribution in [0.2, 0.25) is 5.02 Å². The van der Waals surface area contributed by atoms with Crippen LogP contribution in [0, 0.1) is 0 Å². The molecule has 4 heteroatoms. The van der Waals surface area contributed by atoms with Crippen LogP contribution in [-0.2, 0) is 12.8 Å². The van der Waals surface area contributed by atoms with Crippen LogP contribution in [0.5, 0.6) is 0 Å². The summed E-state index contributed by atoms with van der Waals surface area (Å²) in [5.74, 6) is 0. The minimum absolute atomic E-state index is 0.0670. The molecule has 118 valence electrons. The van der Waals surface area contributed by atoms with E-state index in [1.807, 2.05) is 19.2 Å². The third kappa shape index (κ3) is 4.37. The molecule has 0 aliphatic carbocycles. The van der Waals surface area contributed by atoms with Crippen molar-refractivity contribution in [1.82, 2.24) is 4.90 Å². The maximum atomic E-state index is 12.4. The molecular weight excluding hydrogens is 284 g/mol. The van der Waals surface area contributed by atoms with Crippen molar-refractivity contribution in [3.8, 4) is 0 Å². The van der Waals surface area contributed by atoms with Crippen molar-refractivity contribution in [1.29, 1.82) is 0 Å². The van der Waals surface area contributed by atoms with Gasteiger partial charge in [-0.2, -0.15) is 0 Å². The summed E-state index contributed by atoms with van der Waals surface area (Å²) in [4.78, 5) is 14.2. The summed E-state index contributed by atoms with van der Waals surface area (Å²) >= 11 is 6.27. The van der Waals surface area contributed by atoms with E-state index in [4.69, 9.17) is 11.6 Å². The predicted octanol–water partition coefficient (Wildman–Crippen LogP) is 5.12. The Morgan fingerprint density at radius 3 is 2.48 bits per heavy atom. The zero-order chi connectivity index (χ0) is 16.0. The number of benzene rings is 1. The molecule has 0 heterocycles. The summed E-state index contributed by atoms with van der Waals surface area (Å²) in [6.45, 7) is 8.34. The fourth-order valence-electron chi connectivity index (χ4n) is 2.47. The van der Waals surface area contributed by atoms with Gasteiger partial charge in [-0.15, -0.1) is 0 Å². The summed E-state index contributed by atoms with van der Waals surface area (Å²) in [7, 11) is 1.84. The monoisotopic (exact) mass is 310 g/mol. The Morgan fingerprint density at radius 2 is 1.95 bits per heavy atom. The number of aryl methyl sites for hydroxylation is 1. The molecule has 1 rings (SSSR count). The summed E-state index contributed by atoms with van der Waals surface area (Å²) in [6, 6.07) is 4.07. The first-order valence-corrected chi connectivity index (χ1v) is 8.17. The van der Waals surface area contributed by atoms with Gasteiger partial charge in [-0.25, -0.2) is 4.79 Å². The minimum Gasteiger partial charge on any atom is -0.325 e. The molecule has 2 amide bonds. The van der Waals surface area contributed by atoms with E-state index in [1.165, 1.54) is 0 Å². The molecule has 0 aromatic heterocycles. The number of halogens is 1. The van der Waals surface area contributed by atoms with Gasteiger partial charge < -0.3 is 10.2 Å². The maximum absolute atomic E-state index is 12.4. The largest absolute Gasteiger partial charge is 0.325 e. The zero-order valence-electron chi connectivity index (χ0n) is 13.8. The Kier molecular flexibility index (Phi) is 7.03.